The molecule has 172 valence electrons. The van der Waals surface area contributed by atoms with E-state index in [1.54, 1.807) is 0 Å². The van der Waals surface area contributed by atoms with E-state index < -0.39 is 0 Å². The van der Waals surface area contributed by atoms with E-state index in [-0.39, 0.29) is 18.2 Å². The first kappa shape index (κ1) is 22.9. The summed E-state index contributed by atoms with van der Waals surface area (Å²) in [6.45, 7) is 0. The third kappa shape index (κ3) is 5.14. The van der Waals surface area contributed by atoms with Crippen LogP contribution < -0.4 is 10.6 Å². The average Bonchev–Trinajstić information content (AvgIpc) is 3.23. The van der Waals surface area contributed by atoms with Gasteiger partial charge in [-0.3, -0.25) is 9.59 Å². The number of anilines is 2. The summed E-state index contributed by atoms with van der Waals surface area (Å²) < 4.78 is 0. The molecule has 5 nitrogen and oxygen atoms in total. The highest BCUT2D eigenvalue weighted by molar-refractivity contribution is 8.03. The van der Waals surface area contributed by atoms with Gasteiger partial charge in [0.25, 0.3) is 5.91 Å². The highest BCUT2D eigenvalue weighted by Gasteiger charge is 2.21. The number of terminal acetylenes is 1. The third-order valence-corrected chi connectivity index (χ3v) is 7.48. The molecule has 2 aromatic carbocycles. The third-order valence-electron chi connectivity index (χ3n) is 5.57. The molecule has 0 unspecified atom stereocenters. The number of carbonyl (C=O) groups is 2. The second kappa shape index (κ2) is 10.2. The molecule has 1 aromatic heterocycles. The number of amides is 2. The van der Waals surface area contributed by atoms with E-state index in [0.29, 0.717) is 17.0 Å². The van der Waals surface area contributed by atoms with E-state index in [9.17, 15) is 9.59 Å². The first-order valence-corrected chi connectivity index (χ1v) is 12.9. The van der Waals surface area contributed by atoms with Crippen LogP contribution in [0.3, 0.4) is 0 Å². The molecule has 0 atom stereocenters. The second-order valence-electron chi connectivity index (χ2n) is 8.00. The predicted molar refractivity (Wildman–Crippen MR) is 144 cm³/mol. The highest BCUT2D eigenvalue weighted by atomic mass is 32.2. The minimum absolute atomic E-state index is 0.109. The number of nitrogens with zero attached hydrogens (tertiary/aromatic N) is 1. The van der Waals surface area contributed by atoms with Gasteiger partial charge >= 0.3 is 0 Å². The van der Waals surface area contributed by atoms with Crippen molar-refractivity contribution in [2.45, 2.75) is 24.2 Å². The van der Waals surface area contributed by atoms with Crippen LogP contribution in [0.25, 0.3) is 0 Å². The molecule has 3 aromatic rings. The van der Waals surface area contributed by atoms with Crippen molar-refractivity contribution in [2.24, 2.45) is 4.99 Å². The van der Waals surface area contributed by atoms with Gasteiger partial charge in [0, 0.05) is 37.4 Å². The van der Waals surface area contributed by atoms with Crippen molar-refractivity contribution in [1.82, 2.24) is 0 Å². The van der Waals surface area contributed by atoms with Gasteiger partial charge in [-0.25, -0.2) is 4.99 Å². The largest absolute Gasteiger partial charge is 0.323 e. The van der Waals surface area contributed by atoms with Gasteiger partial charge in [-0.15, -0.1) is 17.8 Å². The minimum Gasteiger partial charge on any atom is -0.323 e. The molecule has 2 amide bonds. The SMILES string of the molecule is C#Cc1ccccc1SC1=CCCC=C1C(=O)Nc1cccc(C2=Nc3cscc3NC(=O)C2)c1. The molecule has 0 spiro atoms. The van der Waals surface area contributed by atoms with Crippen molar-refractivity contribution in [1.29, 1.82) is 0 Å². The van der Waals surface area contributed by atoms with Crippen molar-refractivity contribution in [3.63, 3.8) is 0 Å². The van der Waals surface area contributed by atoms with Gasteiger partial charge < -0.3 is 10.6 Å². The Balaban J connectivity index is 1.36. The van der Waals surface area contributed by atoms with Crippen LogP contribution in [0.15, 0.2) is 91.8 Å². The van der Waals surface area contributed by atoms with Crippen LogP contribution in [0.5, 0.6) is 0 Å². The van der Waals surface area contributed by atoms with Crippen LogP contribution in [0, 0.1) is 12.3 Å². The molecule has 1 aliphatic carbocycles. The maximum absolute atomic E-state index is 13.3. The summed E-state index contributed by atoms with van der Waals surface area (Å²) in [5.74, 6) is 2.42. The Morgan fingerprint density at radius 1 is 1.11 bits per heavy atom. The number of carbonyl (C=O) groups excluding carboxylic acids is 2. The fourth-order valence-electron chi connectivity index (χ4n) is 3.89. The number of aliphatic imine (C=N–C) groups is 1. The van der Waals surface area contributed by atoms with Crippen LogP contribution in [0.2, 0.25) is 0 Å². The summed E-state index contributed by atoms with van der Waals surface area (Å²) in [4.78, 5) is 32.2. The lowest BCUT2D eigenvalue weighted by atomic mass is 10.0. The van der Waals surface area contributed by atoms with Gasteiger partial charge in [0.05, 0.1) is 23.5 Å². The number of allylic oxidation sites excluding steroid dienone is 2. The molecule has 2 aliphatic rings. The van der Waals surface area contributed by atoms with Crippen molar-refractivity contribution < 1.29 is 9.59 Å². The number of benzene rings is 2. The number of rotatable bonds is 5. The normalized spacial score (nSPS) is 14.9. The summed E-state index contributed by atoms with van der Waals surface area (Å²) in [7, 11) is 0. The molecular weight excluding hydrogens is 474 g/mol. The number of thioether (sulfide) groups is 1. The van der Waals surface area contributed by atoms with Crippen LogP contribution >= 0.6 is 23.1 Å². The molecule has 2 N–H and O–H groups in total. The first-order chi connectivity index (χ1) is 17.1. The molecule has 0 bridgehead atoms. The first-order valence-electron chi connectivity index (χ1n) is 11.1. The monoisotopic (exact) mass is 495 g/mol. The molecule has 35 heavy (non-hydrogen) atoms. The maximum atomic E-state index is 13.3. The van der Waals surface area contributed by atoms with Gasteiger partial charge in [0.2, 0.25) is 5.91 Å². The van der Waals surface area contributed by atoms with Gasteiger partial charge in [-0.05, 0) is 42.7 Å². The van der Waals surface area contributed by atoms with Crippen LogP contribution in [-0.2, 0) is 9.59 Å². The van der Waals surface area contributed by atoms with E-state index in [4.69, 9.17) is 11.4 Å². The zero-order valence-corrected chi connectivity index (χ0v) is 20.3. The van der Waals surface area contributed by atoms with E-state index in [1.807, 2.05) is 65.4 Å². The number of thiophene rings is 1. The second-order valence-corrected chi connectivity index (χ2v) is 9.82. The number of fused-ring (bicyclic) bond motifs is 1. The Kier molecular flexibility index (Phi) is 6.66. The van der Waals surface area contributed by atoms with Crippen LogP contribution in [0.4, 0.5) is 17.1 Å². The molecule has 0 radical (unpaired) electrons. The Bertz CT molecular complexity index is 1460. The smallest absolute Gasteiger partial charge is 0.256 e. The van der Waals surface area contributed by atoms with Crippen molar-refractivity contribution in [2.75, 3.05) is 10.6 Å². The lowest BCUT2D eigenvalue weighted by molar-refractivity contribution is -0.115. The minimum atomic E-state index is -0.181. The summed E-state index contributed by atoms with van der Waals surface area (Å²) >= 11 is 3.00. The lowest BCUT2D eigenvalue weighted by Crippen LogP contribution is -2.17. The Hall–Kier alpha value is -3.86. The molecule has 0 saturated carbocycles. The topological polar surface area (TPSA) is 70.6 Å². The van der Waals surface area contributed by atoms with E-state index in [0.717, 1.165) is 45.1 Å². The molecule has 0 fully saturated rings. The van der Waals surface area contributed by atoms with E-state index >= 15 is 0 Å². The molecule has 2 heterocycles. The van der Waals surface area contributed by atoms with Crippen molar-refractivity contribution >= 4 is 57.7 Å². The average molecular weight is 496 g/mol. The van der Waals surface area contributed by atoms with Gasteiger partial charge in [0.15, 0.2) is 0 Å². The van der Waals surface area contributed by atoms with Gasteiger partial charge in [0.1, 0.15) is 0 Å². The van der Waals surface area contributed by atoms with Crippen LogP contribution in [-0.4, -0.2) is 17.5 Å². The Labute approximate surface area is 212 Å². The molecule has 5 rings (SSSR count). The Morgan fingerprint density at radius 3 is 2.86 bits per heavy atom. The Morgan fingerprint density at radius 2 is 1.97 bits per heavy atom. The summed E-state index contributed by atoms with van der Waals surface area (Å²) in [6.07, 6.45) is 11.6. The number of hydrogen-bond acceptors (Lipinski definition) is 5. The molecule has 7 heteroatoms. The molecule has 1 aliphatic heterocycles. The molecular formula is C28H21N3O2S2. The summed E-state index contributed by atoms with van der Waals surface area (Å²) in [5.41, 5.74) is 5.01. The summed E-state index contributed by atoms with van der Waals surface area (Å²) in [5, 5.41) is 9.69. The zero-order chi connectivity index (χ0) is 24.2. The fourth-order valence-corrected chi connectivity index (χ4v) is 5.69. The summed E-state index contributed by atoms with van der Waals surface area (Å²) in [6, 6.07) is 15.2. The predicted octanol–water partition coefficient (Wildman–Crippen LogP) is 6.53. The standard InChI is InChI=1S/C28H21N3O2S2/c1-2-18-8-3-5-12-25(18)35-26-13-6-4-11-21(26)28(33)29-20-10-7-9-19(14-20)22-15-27(32)31-24-17-34-16-23(24)30-22/h1,3,5,7-14,16-17H,4,6,15H2,(H,29,33)(H,31,32). The van der Waals surface area contributed by atoms with Crippen LogP contribution in [0.1, 0.15) is 30.4 Å². The maximum Gasteiger partial charge on any atom is 0.256 e. The van der Waals surface area contributed by atoms with E-state index in [1.165, 1.54) is 23.1 Å². The van der Waals surface area contributed by atoms with E-state index in [2.05, 4.69) is 22.6 Å². The zero-order valence-electron chi connectivity index (χ0n) is 18.7. The number of nitrogens with one attached hydrogen (secondary N) is 2. The quantitative estimate of drug-likeness (QED) is 0.396. The molecule has 0 saturated heterocycles. The van der Waals surface area contributed by atoms with Gasteiger partial charge in [-0.1, -0.05) is 54.1 Å². The highest BCUT2D eigenvalue weighted by Crippen LogP contribution is 2.37. The van der Waals surface area contributed by atoms with Crippen molar-refractivity contribution in [3.05, 3.63) is 93.0 Å². The van der Waals surface area contributed by atoms with Crippen molar-refractivity contribution in [3.8, 4) is 12.3 Å². The van der Waals surface area contributed by atoms with Gasteiger partial charge in [-0.2, -0.15) is 0 Å². The fraction of sp³-hybridized carbons (Fsp3) is 0.107. The number of hydrogen-bond donors (Lipinski definition) is 2. The lowest BCUT2D eigenvalue weighted by Gasteiger charge is -2.17.